The molecule has 1 unspecified atom stereocenters. The van der Waals surface area contributed by atoms with Crippen molar-refractivity contribution in [1.29, 1.82) is 0 Å². The highest BCUT2D eigenvalue weighted by atomic mass is 16.1. The first-order valence-corrected chi connectivity index (χ1v) is 6.23. The molecule has 0 aromatic heterocycles. The molecular formula is C14H24O. The number of carbonyl (C=O) groups is 1. The van der Waals surface area contributed by atoms with Crippen molar-refractivity contribution < 1.29 is 4.79 Å². The van der Waals surface area contributed by atoms with Crippen molar-refractivity contribution in [1.82, 2.24) is 0 Å². The summed E-state index contributed by atoms with van der Waals surface area (Å²) in [5.41, 5.74) is 3.20. The maximum absolute atomic E-state index is 11.7. The standard InChI is InChI=1S/C14H24O/c1-10(2)14(15)12(4)9-8-11(3)13-6-5-7-13/h10,12H,5-9H2,1-4H3. The molecule has 1 atom stereocenters. The summed E-state index contributed by atoms with van der Waals surface area (Å²) < 4.78 is 0. The lowest BCUT2D eigenvalue weighted by atomic mass is 9.85. The van der Waals surface area contributed by atoms with Gasteiger partial charge in [0.1, 0.15) is 5.78 Å². The predicted octanol–water partition coefficient (Wildman–Crippen LogP) is 4.13. The molecule has 0 heterocycles. The van der Waals surface area contributed by atoms with Gasteiger partial charge in [0.15, 0.2) is 0 Å². The zero-order valence-corrected chi connectivity index (χ0v) is 10.6. The second-order valence-corrected chi connectivity index (χ2v) is 5.23. The highest BCUT2D eigenvalue weighted by Crippen LogP contribution is 2.31. The summed E-state index contributed by atoms with van der Waals surface area (Å²) in [6.07, 6.45) is 6.13. The normalized spacial score (nSPS) is 17.5. The minimum Gasteiger partial charge on any atom is -0.299 e. The van der Waals surface area contributed by atoms with Gasteiger partial charge < -0.3 is 0 Å². The molecule has 1 saturated carbocycles. The number of ketones is 1. The van der Waals surface area contributed by atoms with E-state index < -0.39 is 0 Å². The largest absolute Gasteiger partial charge is 0.299 e. The third-order valence-electron chi connectivity index (χ3n) is 3.57. The van der Waals surface area contributed by atoms with Crippen molar-refractivity contribution >= 4 is 5.78 Å². The minimum atomic E-state index is 0.191. The number of Topliss-reactive ketones (excluding diaryl/α,β-unsaturated/α-hetero) is 1. The molecule has 1 heteroatoms. The van der Waals surface area contributed by atoms with Gasteiger partial charge in [0.2, 0.25) is 0 Å². The number of allylic oxidation sites excluding steroid dienone is 2. The van der Waals surface area contributed by atoms with Gasteiger partial charge in [0.25, 0.3) is 0 Å². The zero-order chi connectivity index (χ0) is 11.4. The van der Waals surface area contributed by atoms with Crippen LogP contribution >= 0.6 is 0 Å². The van der Waals surface area contributed by atoms with E-state index in [-0.39, 0.29) is 11.8 Å². The van der Waals surface area contributed by atoms with Gasteiger partial charge in [-0.15, -0.1) is 0 Å². The summed E-state index contributed by atoms with van der Waals surface area (Å²) in [6, 6.07) is 0. The molecule has 0 amide bonds. The van der Waals surface area contributed by atoms with Gasteiger partial charge in [-0.25, -0.2) is 0 Å². The van der Waals surface area contributed by atoms with Crippen LogP contribution in [0.2, 0.25) is 0 Å². The molecule has 0 aromatic rings. The lowest BCUT2D eigenvalue weighted by Gasteiger charge is -2.21. The van der Waals surface area contributed by atoms with Crippen LogP contribution in [0.15, 0.2) is 11.1 Å². The van der Waals surface area contributed by atoms with E-state index in [9.17, 15) is 4.79 Å². The van der Waals surface area contributed by atoms with Gasteiger partial charge in [-0.3, -0.25) is 4.79 Å². The smallest absolute Gasteiger partial charge is 0.138 e. The summed E-state index contributed by atoms with van der Waals surface area (Å²) in [4.78, 5) is 11.7. The van der Waals surface area contributed by atoms with Crippen molar-refractivity contribution in [2.45, 2.75) is 59.8 Å². The van der Waals surface area contributed by atoms with E-state index in [0.717, 1.165) is 12.8 Å². The fraction of sp³-hybridized carbons (Fsp3) is 0.786. The Morgan fingerprint density at radius 3 is 2.27 bits per heavy atom. The van der Waals surface area contributed by atoms with Gasteiger partial charge in [0, 0.05) is 11.8 Å². The van der Waals surface area contributed by atoms with Crippen LogP contribution in [0, 0.1) is 11.8 Å². The van der Waals surface area contributed by atoms with Crippen LogP contribution in [0.5, 0.6) is 0 Å². The Morgan fingerprint density at radius 1 is 1.27 bits per heavy atom. The third-order valence-corrected chi connectivity index (χ3v) is 3.57. The molecule has 86 valence electrons. The second kappa shape index (κ2) is 5.48. The molecule has 0 spiro atoms. The van der Waals surface area contributed by atoms with Crippen molar-refractivity contribution in [3.63, 3.8) is 0 Å². The van der Waals surface area contributed by atoms with E-state index in [1.54, 1.807) is 11.1 Å². The summed E-state index contributed by atoms with van der Waals surface area (Å²) in [5.74, 6) is 0.846. The number of rotatable bonds is 5. The third kappa shape index (κ3) is 3.48. The van der Waals surface area contributed by atoms with Crippen molar-refractivity contribution in [2.24, 2.45) is 11.8 Å². The molecule has 0 saturated heterocycles. The van der Waals surface area contributed by atoms with Crippen molar-refractivity contribution in [3.8, 4) is 0 Å². The molecule has 1 fully saturated rings. The minimum absolute atomic E-state index is 0.191. The topological polar surface area (TPSA) is 17.1 Å². The van der Waals surface area contributed by atoms with Gasteiger partial charge >= 0.3 is 0 Å². The van der Waals surface area contributed by atoms with Crippen LogP contribution in [0.25, 0.3) is 0 Å². The SMILES string of the molecule is CC(CCC(C)C(=O)C(C)C)=C1CCC1. The molecule has 0 radical (unpaired) electrons. The highest BCUT2D eigenvalue weighted by molar-refractivity contribution is 5.82. The van der Waals surface area contributed by atoms with E-state index in [2.05, 4.69) is 13.8 Å². The number of carbonyl (C=O) groups excluding carboxylic acids is 1. The van der Waals surface area contributed by atoms with Gasteiger partial charge in [0.05, 0.1) is 0 Å². The Kier molecular flexibility index (Phi) is 4.56. The van der Waals surface area contributed by atoms with E-state index >= 15 is 0 Å². The lowest BCUT2D eigenvalue weighted by molar-refractivity contribution is -0.125. The molecule has 15 heavy (non-hydrogen) atoms. The monoisotopic (exact) mass is 208 g/mol. The fourth-order valence-electron chi connectivity index (χ4n) is 2.10. The number of hydrogen-bond acceptors (Lipinski definition) is 1. The van der Waals surface area contributed by atoms with Gasteiger partial charge in [-0.1, -0.05) is 31.9 Å². The van der Waals surface area contributed by atoms with Crippen LogP contribution in [0.4, 0.5) is 0 Å². The van der Waals surface area contributed by atoms with Crippen LogP contribution < -0.4 is 0 Å². The summed E-state index contributed by atoms with van der Waals surface area (Å²) in [7, 11) is 0. The van der Waals surface area contributed by atoms with Crippen LogP contribution in [0.1, 0.15) is 59.8 Å². The Labute approximate surface area is 93.9 Å². The summed E-state index contributed by atoms with van der Waals surface area (Å²) in [6.45, 7) is 8.30. The van der Waals surface area contributed by atoms with E-state index in [4.69, 9.17) is 0 Å². The first kappa shape index (κ1) is 12.5. The molecular weight excluding hydrogens is 184 g/mol. The lowest BCUT2D eigenvalue weighted by Crippen LogP contribution is -2.17. The maximum Gasteiger partial charge on any atom is 0.138 e. The second-order valence-electron chi connectivity index (χ2n) is 5.23. The van der Waals surface area contributed by atoms with E-state index in [0.29, 0.717) is 5.78 Å². The molecule has 0 N–H and O–H groups in total. The van der Waals surface area contributed by atoms with Crippen molar-refractivity contribution in [3.05, 3.63) is 11.1 Å². The molecule has 1 nitrogen and oxygen atoms in total. The average Bonchev–Trinajstić information content (AvgIpc) is 2.09. The molecule has 1 aliphatic carbocycles. The maximum atomic E-state index is 11.7. The summed E-state index contributed by atoms with van der Waals surface area (Å²) in [5, 5.41) is 0. The van der Waals surface area contributed by atoms with Gasteiger partial charge in [-0.05, 0) is 39.0 Å². The molecule has 0 aliphatic heterocycles. The quantitative estimate of drug-likeness (QED) is 0.621. The Bertz CT molecular complexity index is 255. The summed E-state index contributed by atoms with van der Waals surface area (Å²) >= 11 is 0. The van der Waals surface area contributed by atoms with Crippen LogP contribution in [0.3, 0.4) is 0 Å². The molecule has 0 aromatic carbocycles. The van der Waals surface area contributed by atoms with Crippen LogP contribution in [-0.4, -0.2) is 5.78 Å². The Morgan fingerprint density at radius 2 is 1.87 bits per heavy atom. The molecule has 1 rings (SSSR count). The molecule has 1 aliphatic rings. The highest BCUT2D eigenvalue weighted by Gasteiger charge is 2.17. The predicted molar refractivity (Wildman–Crippen MR) is 64.8 cm³/mol. The first-order chi connectivity index (χ1) is 7.02. The molecule has 0 bridgehead atoms. The fourth-order valence-corrected chi connectivity index (χ4v) is 2.10. The van der Waals surface area contributed by atoms with Crippen LogP contribution in [-0.2, 0) is 4.79 Å². The van der Waals surface area contributed by atoms with E-state index in [1.165, 1.54) is 19.3 Å². The van der Waals surface area contributed by atoms with E-state index in [1.807, 2.05) is 13.8 Å². The average molecular weight is 208 g/mol. The van der Waals surface area contributed by atoms with Gasteiger partial charge in [-0.2, -0.15) is 0 Å². The zero-order valence-electron chi connectivity index (χ0n) is 10.6. The first-order valence-electron chi connectivity index (χ1n) is 6.23. The number of hydrogen-bond donors (Lipinski definition) is 0. The Hall–Kier alpha value is -0.590. The van der Waals surface area contributed by atoms with Crippen molar-refractivity contribution in [2.75, 3.05) is 0 Å². The Balaban J connectivity index is 2.33.